The molecule has 0 saturated carbocycles. The molecule has 0 fully saturated rings. The summed E-state index contributed by atoms with van der Waals surface area (Å²) in [7, 11) is 0. The third-order valence-electron chi connectivity index (χ3n) is 4.27. The zero-order valence-corrected chi connectivity index (χ0v) is 14.2. The van der Waals surface area contributed by atoms with E-state index in [-0.39, 0.29) is 24.0 Å². The molecule has 7 nitrogen and oxygen atoms in total. The highest BCUT2D eigenvalue weighted by Crippen LogP contribution is 2.32. The van der Waals surface area contributed by atoms with E-state index in [2.05, 4.69) is 10.4 Å². The molecule has 1 N–H and O–H groups in total. The van der Waals surface area contributed by atoms with Crippen molar-refractivity contribution in [1.82, 2.24) is 15.1 Å². The Morgan fingerprint density at radius 2 is 1.92 bits per heavy atom. The van der Waals surface area contributed by atoms with Crippen LogP contribution in [0.5, 0.6) is 11.5 Å². The van der Waals surface area contributed by atoms with Gasteiger partial charge in [0.15, 0.2) is 17.2 Å². The van der Waals surface area contributed by atoms with Crippen molar-refractivity contribution in [2.75, 3.05) is 6.79 Å². The van der Waals surface area contributed by atoms with E-state index in [0.717, 1.165) is 5.56 Å². The number of carbonyl (C=O) groups is 1. The molecule has 0 spiro atoms. The highest BCUT2D eigenvalue weighted by atomic mass is 16.7. The number of carbonyl (C=O) groups excluding carboxylic acids is 1. The molecule has 4 rings (SSSR count). The van der Waals surface area contributed by atoms with E-state index in [4.69, 9.17) is 9.47 Å². The van der Waals surface area contributed by atoms with Gasteiger partial charge in [0, 0.05) is 18.5 Å². The van der Waals surface area contributed by atoms with Gasteiger partial charge in [-0.3, -0.25) is 9.59 Å². The van der Waals surface area contributed by atoms with Crippen LogP contribution >= 0.6 is 0 Å². The first-order chi connectivity index (χ1) is 12.7. The van der Waals surface area contributed by atoms with Crippen LogP contribution in [0.1, 0.15) is 23.0 Å². The maximum atomic E-state index is 12.7. The first-order valence-electron chi connectivity index (χ1n) is 8.34. The second kappa shape index (κ2) is 6.51. The van der Waals surface area contributed by atoms with Gasteiger partial charge in [0.1, 0.15) is 0 Å². The second-order valence-electron chi connectivity index (χ2n) is 5.89. The van der Waals surface area contributed by atoms with E-state index in [1.54, 1.807) is 24.3 Å². The molecular weight excluding hydrogens is 334 g/mol. The normalized spacial score (nSPS) is 12.3. The molecule has 2 aromatic carbocycles. The fraction of sp³-hybridized carbons (Fsp3) is 0.211. The van der Waals surface area contributed by atoms with E-state index in [9.17, 15) is 9.59 Å². The molecule has 1 amide bonds. The highest BCUT2D eigenvalue weighted by molar-refractivity contribution is 6.04. The van der Waals surface area contributed by atoms with Crippen molar-refractivity contribution in [3.05, 3.63) is 64.1 Å². The molecule has 2 heterocycles. The Morgan fingerprint density at radius 1 is 1.15 bits per heavy atom. The second-order valence-corrected chi connectivity index (χ2v) is 5.89. The van der Waals surface area contributed by atoms with Gasteiger partial charge in [-0.1, -0.05) is 24.3 Å². The fourth-order valence-corrected chi connectivity index (χ4v) is 2.93. The zero-order valence-electron chi connectivity index (χ0n) is 14.2. The highest BCUT2D eigenvalue weighted by Gasteiger charge is 2.17. The van der Waals surface area contributed by atoms with Gasteiger partial charge in [0.25, 0.3) is 11.5 Å². The average molecular weight is 351 g/mol. The SMILES string of the molecule is CCn1nc(C(=O)NCc2ccc3c(c2)OCO3)c2ccccc2c1=O. The summed E-state index contributed by atoms with van der Waals surface area (Å²) in [5.41, 5.74) is 0.925. The Labute approximate surface area is 149 Å². The van der Waals surface area contributed by atoms with Crippen LogP contribution in [0.2, 0.25) is 0 Å². The molecule has 0 atom stereocenters. The van der Waals surface area contributed by atoms with Crippen LogP contribution in [0.25, 0.3) is 10.8 Å². The fourth-order valence-electron chi connectivity index (χ4n) is 2.93. The Kier molecular flexibility index (Phi) is 4.04. The van der Waals surface area contributed by atoms with Crippen molar-refractivity contribution in [1.29, 1.82) is 0 Å². The first kappa shape index (κ1) is 16.1. The van der Waals surface area contributed by atoms with Crippen molar-refractivity contribution in [2.45, 2.75) is 20.0 Å². The zero-order chi connectivity index (χ0) is 18.1. The quantitative estimate of drug-likeness (QED) is 0.778. The predicted octanol–water partition coefficient (Wildman–Crippen LogP) is 2.08. The Hall–Kier alpha value is -3.35. The van der Waals surface area contributed by atoms with Crippen LogP contribution in [0.3, 0.4) is 0 Å². The number of nitrogens with zero attached hydrogens (tertiary/aromatic N) is 2. The van der Waals surface area contributed by atoms with Gasteiger partial charge in [-0.15, -0.1) is 0 Å². The number of amides is 1. The Bertz CT molecular complexity index is 1060. The molecule has 7 heteroatoms. The number of ether oxygens (including phenoxy) is 2. The van der Waals surface area contributed by atoms with Crippen LogP contribution in [0.4, 0.5) is 0 Å². The Morgan fingerprint density at radius 3 is 2.73 bits per heavy atom. The number of aromatic nitrogens is 2. The summed E-state index contributed by atoms with van der Waals surface area (Å²) < 4.78 is 11.9. The molecule has 0 radical (unpaired) electrons. The number of aryl methyl sites for hydroxylation is 1. The minimum Gasteiger partial charge on any atom is -0.454 e. The number of hydrogen-bond donors (Lipinski definition) is 1. The van der Waals surface area contributed by atoms with Crippen LogP contribution in [0, 0.1) is 0 Å². The van der Waals surface area contributed by atoms with Crippen molar-refractivity contribution >= 4 is 16.7 Å². The summed E-state index contributed by atoms with van der Waals surface area (Å²) in [5, 5.41) is 8.12. The van der Waals surface area contributed by atoms with Crippen LogP contribution < -0.4 is 20.3 Å². The molecule has 1 aliphatic heterocycles. The predicted molar refractivity (Wildman–Crippen MR) is 95.4 cm³/mol. The maximum absolute atomic E-state index is 12.7. The summed E-state index contributed by atoms with van der Waals surface area (Å²) in [4.78, 5) is 25.1. The minimum atomic E-state index is -0.332. The molecule has 26 heavy (non-hydrogen) atoms. The molecule has 1 aliphatic rings. The molecule has 132 valence electrons. The largest absolute Gasteiger partial charge is 0.454 e. The van der Waals surface area contributed by atoms with Gasteiger partial charge >= 0.3 is 0 Å². The summed E-state index contributed by atoms with van der Waals surface area (Å²) in [6.45, 7) is 2.74. The van der Waals surface area contributed by atoms with Crippen molar-refractivity contribution in [2.24, 2.45) is 0 Å². The van der Waals surface area contributed by atoms with Crippen molar-refractivity contribution < 1.29 is 14.3 Å². The van der Waals surface area contributed by atoms with E-state index in [1.807, 2.05) is 25.1 Å². The third kappa shape index (κ3) is 2.77. The number of benzene rings is 2. The summed E-state index contributed by atoms with van der Waals surface area (Å²) in [5.74, 6) is 1.03. The van der Waals surface area contributed by atoms with E-state index in [0.29, 0.717) is 35.4 Å². The molecule has 0 aliphatic carbocycles. The summed E-state index contributed by atoms with van der Waals surface area (Å²) in [6, 6.07) is 12.5. The lowest BCUT2D eigenvalue weighted by atomic mass is 10.1. The molecule has 0 unspecified atom stereocenters. The Balaban J connectivity index is 1.62. The van der Waals surface area contributed by atoms with E-state index < -0.39 is 0 Å². The number of fused-ring (bicyclic) bond motifs is 2. The third-order valence-corrected chi connectivity index (χ3v) is 4.27. The standard InChI is InChI=1S/C19H17N3O4/c1-2-22-19(24)14-6-4-3-5-13(14)17(21-22)18(23)20-10-12-7-8-15-16(9-12)26-11-25-15/h3-9H,2,10-11H2,1H3,(H,20,23). The summed E-state index contributed by atoms with van der Waals surface area (Å²) in [6.07, 6.45) is 0. The van der Waals surface area contributed by atoms with Gasteiger partial charge in [-0.2, -0.15) is 5.10 Å². The van der Waals surface area contributed by atoms with Gasteiger partial charge in [-0.05, 0) is 30.7 Å². The smallest absolute Gasteiger partial charge is 0.274 e. The van der Waals surface area contributed by atoms with E-state index >= 15 is 0 Å². The first-order valence-corrected chi connectivity index (χ1v) is 8.34. The number of rotatable bonds is 4. The maximum Gasteiger partial charge on any atom is 0.274 e. The molecular formula is C19H17N3O4. The molecule has 0 bridgehead atoms. The monoisotopic (exact) mass is 351 g/mol. The molecule has 0 saturated heterocycles. The lowest BCUT2D eigenvalue weighted by Gasteiger charge is -2.10. The van der Waals surface area contributed by atoms with Gasteiger partial charge in [-0.25, -0.2) is 4.68 Å². The van der Waals surface area contributed by atoms with Crippen LogP contribution in [0.15, 0.2) is 47.3 Å². The van der Waals surface area contributed by atoms with Crippen molar-refractivity contribution in [3.8, 4) is 11.5 Å². The molecule has 3 aromatic rings. The molecule has 1 aromatic heterocycles. The number of hydrogen-bond acceptors (Lipinski definition) is 5. The van der Waals surface area contributed by atoms with Crippen LogP contribution in [-0.4, -0.2) is 22.5 Å². The van der Waals surface area contributed by atoms with E-state index in [1.165, 1.54) is 4.68 Å². The van der Waals surface area contributed by atoms with Crippen molar-refractivity contribution in [3.63, 3.8) is 0 Å². The van der Waals surface area contributed by atoms with Gasteiger partial charge < -0.3 is 14.8 Å². The minimum absolute atomic E-state index is 0.199. The van der Waals surface area contributed by atoms with Gasteiger partial charge in [0.05, 0.1) is 5.39 Å². The lowest BCUT2D eigenvalue weighted by molar-refractivity contribution is 0.0945. The lowest BCUT2D eigenvalue weighted by Crippen LogP contribution is -2.30. The van der Waals surface area contributed by atoms with Crippen LogP contribution in [-0.2, 0) is 13.1 Å². The summed E-state index contributed by atoms with van der Waals surface area (Å²) >= 11 is 0. The number of nitrogens with one attached hydrogen (secondary N) is 1. The average Bonchev–Trinajstić information content (AvgIpc) is 3.14. The van der Waals surface area contributed by atoms with Gasteiger partial charge in [0.2, 0.25) is 6.79 Å². The topological polar surface area (TPSA) is 82.5 Å².